The van der Waals surface area contributed by atoms with Crippen LogP contribution in [0.25, 0.3) is 0 Å². The van der Waals surface area contributed by atoms with Gasteiger partial charge in [-0.25, -0.2) is 0 Å². The third-order valence-electron chi connectivity index (χ3n) is 4.23. The van der Waals surface area contributed by atoms with Crippen LogP contribution in [0.15, 0.2) is 6.20 Å². The fourth-order valence-corrected chi connectivity index (χ4v) is 2.89. The molecule has 1 unspecified atom stereocenters. The van der Waals surface area contributed by atoms with Gasteiger partial charge in [0.05, 0.1) is 23.2 Å². The van der Waals surface area contributed by atoms with Gasteiger partial charge in [0.15, 0.2) is 0 Å². The highest BCUT2D eigenvalue weighted by Gasteiger charge is 2.22. The van der Waals surface area contributed by atoms with Gasteiger partial charge in [-0.2, -0.15) is 10.2 Å². The first-order valence-electron chi connectivity index (χ1n) is 8.26. The number of aromatic nitrogens is 4. The lowest BCUT2D eigenvalue weighted by atomic mass is 10.1. The molecule has 25 heavy (non-hydrogen) atoms. The standard InChI is InChI=1S/C16H24N6O3/c1-6-20-9-14(11(3)18-20)10(2)17-15(23)7-8-21-13(5)16(22(24)25)12(4)19-21/h9-10H,6-8H2,1-5H3,(H,17,23). The van der Waals surface area contributed by atoms with Gasteiger partial charge in [-0.15, -0.1) is 0 Å². The lowest BCUT2D eigenvalue weighted by molar-refractivity contribution is -0.386. The zero-order chi connectivity index (χ0) is 18.7. The Morgan fingerprint density at radius 3 is 2.52 bits per heavy atom. The molecule has 0 fully saturated rings. The van der Waals surface area contributed by atoms with E-state index >= 15 is 0 Å². The van der Waals surface area contributed by atoms with Gasteiger partial charge in [0, 0.05) is 24.7 Å². The lowest BCUT2D eigenvalue weighted by Gasteiger charge is -2.13. The van der Waals surface area contributed by atoms with Crippen LogP contribution < -0.4 is 5.32 Å². The largest absolute Gasteiger partial charge is 0.349 e. The zero-order valence-electron chi connectivity index (χ0n) is 15.2. The molecule has 0 saturated carbocycles. The first-order chi connectivity index (χ1) is 11.7. The predicted molar refractivity (Wildman–Crippen MR) is 92.2 cm³/mol. The van der Waals surface area contributed by atoms with E-state index in [-0.39, 0.29) is 24.1 Å². The van der Waals surface area contributed by atoms with E-state index in [2.05, 4.69) is 15.5 Å². The van der Waals surface area contributed by atoms with Crippen molar-refractivity contribution in [1.29, 1.82) is 0 Å². The summed E-state index contributed by atoms with van der Waals surface area (Å²) in [4.78, 5) is 22.8. The highest BCUT2D eigenvalue weighted by Crippen LogP contribution is 2.22. The number of nitrogens with one attached hydrogen (secondary N) is 1. The molecule has 0 aliphatic carbocycles. The minimum Gasteiger partial charge on any atom is -0.349 e. The minimum atomic E-state index is -0.440. The molecular weight excluding hydrogens is 324 g/mol. The van der Waals surface area contributed by atoms with Crippen molar-refractivity contribution in [1.82, 2.24) is 24.9 Å². The number of nitrogens with zero attached hydrogens (tertiary/aromatic N) is 5. The second-order valence-corrected chi connectivity index (χ2v) is 6.06. The van der Waals surface area contributed by atoms with Gasteiger partial charge < -0.3 is 5.32 Å². The zero-order valence-corrected chi connectivity index (χ0v) is 15.2. The van der Waals surface area contributed by atoms with Crippen LogP contribution in [0.1, 0.15) is 49.0 Å². The summed E-state index contributed by atoms with van der Waals surface area (Å²) >= 11 is 0. The summed E-state index contributed by atoms with van der Waals surface area (Å²) in [6.45, 7) is 10.1. The van der Waals surface area contributed by atoms with Crippen molar-refractivity contribution in [2.75, 3.05) is 0 Å². The maximum atomic E-state index is 12.2. The third-order valence-corrected chi connectivity index (χ3v) is 4.23. The van der Waals surface area contributed by atoms with Crippen molar-refractivity contribution in [2.24, 2.45) is 0 Å². The van der Waals surface area contributed by atoms with Crippen molar-refractivity contribution in [2.45, 2.75) is 60.2 Å². The Hall–Kier alpha value is -2.71. The van der Waals surface area contributed by atoms with E-state index in [1.54, 1.807) is 13.8 Å². The number of hydrogen-bond acceptors (Lipinski definition) is 5. The summed E-state index contributed by atoms with van der Waals surface area (Å²) in [5.41, 5.74) is 2.71. The molecule has 0 spiro atoms. The van der Waals surface area contributed by atoms with Crippen LogP contribution in [0.3, 0.4) is 0 Å². The maximum absolute atomic E-state index is 12.2. The smallest absolute Gasteiger partial charge is 0.312 e. The molecule has 0 aliphatic rings. The molecule has 1 amide bonds. The van der Waals surface area contributed by atoms with Gasteiger partial charge >= 0.3 is 5.69 Å². The highest BCUT2D eigenvalue weighted by atomic mass is 16.6. The van der Waals surface area contributed by atoms with Crippen molar-refractivity contribution in [3.8, 4) is 0 Å². The van der Waals surface area contributed by atoms with Crippen molar-refractivity contribution < 1.29 is 9.72 Å². The Bertz CT molecular complexity index is 792. The van der Waals surface area contributed by atoms with Gasteiger partial charge in [0.2, 0.25) is 5.91 Å². The van der Waals surface area contributed by atoms with Crippen LogP contribution in [0.2, 0.25) is 0 Å². The average molecular weight is 348 g/mol. The van der Waals surface area contributed by atoms with E-state index in [1.165, 1.54) is 4.68 Å². The summed E-state index contributed by atoms with van der Waals surface area (Å²) in [6.07, 6.45) is 2.13. The minimum absolute atomic E-state index is 0.0105. The molecule has 0 saturated heterocycles. The quantitative estimate of drug-likeness (QED) is 0.609. The molecular formula is C16H24N6O3. The van der Waals surface area contributed by atoms with E-state index in [0.717, 1.165) is 17.8 Å². The molecule has 0 bridgehead atoms. The molecule has 0 aromatic carbocycles. The molecule has 2 aromatic rings. The number of hydrogen-bond donors (Lipinski definition) is 1. The Morgan fingerprint density at radius 2 is 2.00 bits per heavy atom. The van der Waals surface area contributed by atoms with Gasteiger partial charge in [-0.1, -0.05) is 0 Å². The molecule has 0 radical (unpaired) electrons. The number of carbonyl (C=O) groups is 1. The second kappa shape index (κ2) is 7.45. The van der Waals surface area contributed by atoms with Crippen LogP contribution in [0.4, 0.5) is 5.69 Å². The molecule has 0 aliphatic heterocycles. The van der Waals surface area contributed by atoms with Crippen LogP contribution in [0, 0.1) is 30.9 Å². The van der Waals surface area contributed by atoms with Crippen molar-refractivity contribution >= 4 is 11.6 Å². The van der Waals surface area contributed by atoms with E-state index in [9.17, 15) is 14.9 Å². The van der Waals surface area contributed by atoms with Crippen LogP contribution in [0.5, 0.6) is 0 Å². The van der Waals surface area contributed by atoms with Crippen LogP contribution in [-0.4, -0.2) is 30.4 Å². The average Bonchev–Trinajstić information content (AvgIpc) is 3.04. The highest BCUT2D eigenvalue weighted by molar-refractivity contribution is 5.76. The Morgan fingerprint density at radius 1 is 1.32 bits per heavy atom. The topological polar surface area (TPSA) is 108 Å². The van der Waals surface area contributed by atoms with Crippen molar-refractivity contribution in [3.05, 3.63) is 39.0 Å². The molecule has 1 atom stereocenters. The fourth-order valence-electron chi connectivity index (χ4n) is 2.89. The summed E-state index contributed by atoms with van der Waals surface area (Å²) in [7, 11) is 0. The summed E-state index contributed by atoms with van der Waals surface area (Å²) < 4.78 is 3.35. The third kappa shape index (κ3) is 4.04. The number of rotatable bonds is 7. The van der Waals surface area contributed by atoms with E-state index in [4.69, 9.17) is 0 Å². The molecule has 9 nitrogen and oxygen atoms in total. The molecule has 2 aromatic heterocycles. The summed E-state index contributed by atoms with van der Waals surface area (Å²) in [6, 6.07) is -0.150. The summed E-state index contributed by atoms with van der Waals surface area (Å²) in [5.74, 6) is -0.133. The molecule has 2 heterocycles. The first-order valence-corrected chi connectivity index (χ1v) is 8.26. The SMILES string of the molecule is CCn1cc(C(C)NC(=O)CCn2nc(C)c([N+](=O)[O-])c2C)c(C)n1. The number of carbonyl (C=O) groups excluding carboxylic acids is 1. The second-order valence-electron chi connectivity index (χ2n) is 6.06. The Kier molecular flexibility index (Phi) is 5.55. The Balaban J connectivity index is 1.98. The normalized spacial score (nSPS) is 12.2. The summed E-state index contributed by atoms with van der Waals surface area (Å²) in [5, 5.41) is 22.5. The van der Waals surface area contributed by atoms with Gasteiger partial charge in [-0.3, -0.25) is 24.3 Å². The lowest BCUT2D eigenvalue weighted by Crippen LogP contribution is -2.28. The van der Waals surface area contributed by atoms with Crippen LogP contribution >= 0.6 is 0 Å². The molecule has 1 N–H and O–H groups in total. The number of nitro groups is 1. The van der Waals surface area contributed by atoms with E-state index < -0.39 is 4.92 Å². The van der Waals surface area contributed by atoms with Crippen LogP contribution in [-0.2, 0) is 17.9 Å². The fraction of sp³-hybridized carbons (Fsp3) is 0.562. The van der Waals surface area contributed by atoms with Gasteiger partial charge in [-0.05, 0) is 34.6 Å². The van der Waals surface area contributed by atoms with Crippen molar-refractivity contribution in [3.63, 3.8) is 0 Å². The number of aryl methyl sites for hydroxylation is 4. The molecule has 9 heteroatoms. The molecule has 136 valence electrons. The maximum Gasteiger partial charge on any atom is 0.312 e. The predicted octanol–water partition coefficient (Wildman–Crippen LogP) is 2.20. The van der Waals surface area contributed by atoms with Gasteiger partial charge in [0.25, 0.3) is 0 Å². The monoisotopic (exact) mass is 348 g/mol. The first kappa shape index (κ1) is 18.6. The van der Waals surface area contributed by atoms with E-state index in [0.29, 0.717) is 17.9 Å². The molecule has 2 rings (SSSR count). The van der Waals surface area contributed by atoms with Gasteiger partial charge in [0.1, 0.15) is 11.4 Å². The van der Waals surface area contributed by atoms with E-state index in [1.807, 2.05) is 31.6 Å². The number of amides is 1. The Labute approximate surface area is 146 Å².